The van der Waals surface area contributed by atoms with Gasteiger partial charge in [-0.25, -0.2) is 4.58 Å². The molecule has 1 heteroatoms. The first-order valence-electron chi connectivity index (χ1n) is 5.86. The van der Waals surface area contributed by atoms with Crippen molar-refractivity contribution >= 4 is 11.9 Å². The van der Waals surface area contributed by atoms with E-state index in [1.807, 2.05) is 0 Å². The van der Waals surface area contributed by atoms with Crippen LogP contribution in [0.5, 0.6) is 0 Å². The van der Waals surface area contributed by atoms with Gasteiger partial charge >= 0.3 is 0 Å². The summed E-state index contributed by atoms with van der Waals surface area (Å²) in [6.45, 7) is 7.80. The van der Waals surface area contributed by atoms with Crippen LogP contribution in [-0.2, 0) is 0 Å². The van der Waals surface area contributed by atoms with Gasteiger partial charge in [0.1, 0.15) is 12.8 Å². The number of aryl methyl sites for hydroxylation is 3. The highest BCUT2D eigenvalue weighted by Crippen LogP contribution is 2.26. The van der Waals surface area contributed by atoms with Crippen molar-refractivity contribution in [3.8, 4) is 0 Å². The summed E-state index contributed by atoms with van der Waals surface area (Å²) < 4.78 is 2.44. The molecule has 1 aromatic carbocycles. The zero-order chi connectivity index (χ0) is 10.8. The Kier molecular flexibility index (Phi) is 2.90. The van der Waals surface area contributed by atoms with Crippen molar-refractivity contribution in [2.75, 3.05) is 6.54 Å². The smallest absolute Gasteiger partial charge is 0.202 e. The molecule has 0 saturated heterocycles. The van der Waals surface area contributed by atoms with Crippen molar-refractivity contribution in [2.45, 2.75) is 40.0 Å². The van der Waals surface area contributed by atoms with Crippen LogP contribution in [0.4, 0.5) is 5.69 Å². The van der Waals surface area contributed by atoms with Crippen molar-refractivity contribution in [2.24, 2.45) is 0 Å². The summed E-state index contributed by atoms with van der Waals surface area (Å²) in [5.74, 6) is 0. The van der Waals surface area contributed by atoms with Crippen LogP contribution in [0.2, 0.25) is 0 Å². The molecule has 0 unspecified atom stereocenters. The van der Waals surface area contributed by atoms with Crippen LogP contribution in [0.3, 0.4) is 0 Å². The maximum atomic E-state index is 2.44. The third kappa shape index (κ3) is 2.11. The summed E-state index contributed by atoms with van der Waals surface area (Å²) in [4.78, 5) is 0. The zero-order valence-electron chi connectivity index (χ0n) is 10.0. The van der Waals surface area contributed by atoms with E-state index in [4.69, 9.17) is 0 Å². The Bertz CT molecular complexity index is 379. The Morgan fingerprint density at radius 2 is 1.67 bits per heavy atom. The number of nitrogens with zero attached hydrogens (tertiary/aromatic N) is 1. The van der Waals surface area contributed by atoms with E-state index in [1.54, 1.807) is 0 Å². The molecule has 80 valence electrons. The van der Waals surface area contributed by atoms with Gasteiger partial charge in [0, 0.05) is 24.0 Å². The van der Waals surface area contributed by atoms with Crippen LogP contribution < -0.4 is 0 Å². The lowest BCUT2D eigenvalue weighted by atomic mass is 10.0. The fourth-order valence-corrected chi connectivity index (χ4v) is 2.59. The Labute approximate surface area is 92.5 Å². The molecule has 1 aliphatic heterocycles. The van der Waals surface area contributed by atoms with E-state index >= 15 is 0 Å². The molecule has 1 aromatic rings. The van der Waals surface area contributed by atoms with E-state index < -0.39 is 0 Å². The Morgan fingerprint density at radius 3 is 2.20 bits per heavy atom. The second-order valence-electron chi connectivity index (χ2n) is 4.62. The van der Waals surface area contributed by atoms with Gasteiger partial charge in [0.15, 0.2) is 0 Å². The SMILES string of the molecule is Cc1cc(C)c([N+]2=CCCCC2)c(C)c1. The fourth-order valence-electron chi connectivity index (χ4n) is 2.59. The highest BCUT2D eigenvalue weighted by Gasteiger charge is 2.18. The minimum atomic E-state index is 1.19. The summed E-state index contributed by atoms with van der Waals surface area (Å²) in [5, 5.41) is 0. The van der Waals surface area contributed by atoms with E-state index in [1.165, 1.54) is 48.2 Å². The highest BCUT2D eigenvalue weighted by atomic mass is 15.0. The summed E-state index contributed by atoms with van der Waals surface area (Å²) in [6.07, 6.45) is 6.25. The lowest BCUT2D eigenvalue weighted by Gasteiger charge is -2.12. The van der Waals surface area contributed by atoms with Crippen LogP contribution in [0, 0.1) is 20.8 Å². The molecule has 0 amide bonds. The molecule has 0 aliphatic carbocycles. The van der Waals surface area contributed by atoms with Gasteiger partial charge in [0.05, 0.1) is 0 Å². The van der Waals surface area contributed by atoms with E-state index in [0.29, 0.717) is 0 Å². The van der Waals surface area contributed by atoms with Crippen molar-refractivity contribution in [1.29, 1.82) is 0 Å². The number of hydrogen-bond acceptors (Lipinski definition) is 0. The topological polar surface area (TPSA) is 3.01 Å². The van der Waals surface area contributed by atoms with Crippen molar-refractivity contribution in [3.63, 3.8) is 0 Å². The lowest BCUT2D eigenvalue weighted by molar-refractivity contribution is -0.442. The Hall–Kier alpha value is -1.11. The Balaban J connectivity index is 2.47. The molecule has 0 N–H and O–H groups in total. The summed E-state index contributed by atoms with van der Waals surface area (Å²) in [6, 6.07) is 4.57. The average Bonchev–Trinajstić information content (AvgIpc) is 2.17. The maximum Gasteiger partial charge on any atom is 0.210 e. The molecule has 0 atom stereocenters. The predicted molar refractivity (Wildman–Crippen MR) is 65.4 cm³/mol. The number of rotatable bonds is 1. The molecule has 0 aromatic heterocycles. The first-order valence-corrected chi connectivity index (χ1v) is 5.86. The van der Waals surface area contributed by atoms with Gasteiger partial charge in [-0.1, -0.05) is 5.56 Å². The van der Waals surface area contributed by atoms with E-state index in [2.05, 4.69) is 43.7 Å². The second kappa shape index (κ2) is 4.18. The number of hydrogen-bond donors (Lipinski definition) is 0. The second-order valence-corrected chi connectivity index (χ2v) is 4.62. The van der Waals surface area contributed by atoms with Crippen LogP contribution in [0.25, 0.3) is 0 Å². The molecule has 2 rings (SSSR count). The molecule has 0 radical (unpaired) electrons. The zero-order valence-corrected chi connectivity index (χ0v) is 10.0. The third-order valence-corrected chi connectivity index (χ3v) is 3.13. The van der Waals surface area contributed by atoms with Crippen molar-refractivity contribution in [3.05, 3.63) is 28.8 Å². The van der Waals surface area contributed by atoms with E-state index in [9.17, 15) is 0 Å². The molecular weight excluding hydrogens is 182 g/mol. The van der Waals surface area contributed by atoms with Gasteiger partial charge in [-0.3, -0.25) is 0 Å². The molecular formula is C14H20N+. The van der Waals surface area contributed by atoms with E-state index in [-0.39, 0.29) is 0 Å². The van der Waals surface area contributed by atoms with Crippen molar-refractivity contribution in [1.82, 2.24) is 0 Å². The Morgan fingerprint density at radius 1 is 1.00 bits per heavy atom. The summed E-state index contributed by atoms with van der Waals surface area (Å²) in [5.41, 5.74) is 5.61. The van der Waals surface area contributed by atoms with Crippen LogP contribution in [-0.4, -0.2) is 17.3 Å². The first-order chi connectivity index (χ1) is 7.18. The standard InChI is InChI=1S/C14H20N/c1-11-9-12(2)14(13(3)10-11)15-7-5-4-6-8-15/h7,9-10H,4-6,8H2,1-3H3/q+1. The number of benzene rings is 1. The van der Waals surface area contributed by atoms with Crippen LogP contribution in [0.15, 0.2) is 12.1 Å². The quantitative estimate of drug-likeness (QED) is 0.613. The fraction of sp³-hybridized carbons (Fsp3) is 0.500. The lowest BCUT2D eigenvalue weighted by Crippen LogP contribution is -2.15. The normalized spacial score (nSPS) is 16.3. The molecule has 1 nitrogen and oxygen atoms in total. The summed E-state index contributed by atoms with van der Waals surface area (Å²) in [7, 11) is 0. The summed E-state index contributed by atoms with van der Waals surface area (Å²) >= 11 is 0. The molecule has 15 heavy (non-hydrogen) atoms. The molecule has 0 saturated carbocycles. The predicted octanol–water partition coefficient (Wildman–Crippen LogP) is 3.51. The minimum Gasteiger partial charge on any atom is -0.202 e. The van der Waals surface area contributed by atoms with E-state index in [0.717, 1.165) is 0 Å². The minimum absolute atomic E-state index is 1.19. The largest absolute Gasteiger partial charge is 0.210 e. The molecule has 1 heterocycles. The van der Waals surface area contributed by atoms with Gasteiger partial charge in [-0.05, 0) is 39.3 Å². The van der Waals surface area contributed by atoms with Gasteiger partial charge < -0.3 is 0 Å². The van der Waals surface area contributed by atoms with Crippen molar-refractivity contribution < 1.29 is 4.58 Å². The van der Waals surface area contributed by atoms with Gasteiger partial charge in [-0.2, -0.15) is 0 Å². The maximum absolute atomic E-state index is 2.44. The van der Waals surface area contributed by atoms with Gasteiger partial charge in [-0.15, -0.1) is 0 Å². The molecule has 0 spiro atoms. The van der Waals surface area contributed by atoms with Crippen LogP contribution in [0.1, 0.15) is 36.0 Å². The van der Waals surface area contributed by atoms with Crippen LogP contribution >= 0.6 is 0 Å². The first kappa shape index (κ1) is 10.4. The average molecular weight is 202 g/mol. The molecule has 0 bridgehead atoms. The van der Waals surface area contributed by atoms with Gasteiger partial charge in [0.25, 0.3) is 0 Å². The third-order valence-electron chi connectivity index (χ3n) is 3.13. The van der Waals surface area contributed by atoms with Gasteiger partial charge in [0.2, 0.25) is 5.69 Å². The molecule has 0 fully saturated rings. The molecule has 1 aliphatic rings. The highest BCUT2D eigenvalue weighted by molar-refractivity contribution is 5.58. The monoisotopic (exact) mass is 202 g/mol.